The Morgan fingerprint density at radius 3 is 2.23 bits per heavy atom. The van der Waals surface area contributed by atoms with Crippen molar-refractivity contribution in [1.29, 1.82) is 0 Å². The van der Waals surface area contributed by atoms with Gasteiger partial charge in [-0.15, -0.1) is 0 Å². The summed E-state index contributed by atoms with van der Waals surface area (Å²) in [4.78, 5) is 23.5. The van der Waals surface area contributed by atoms with E-state index in [0.29, 0.717) is 29.3 Å². The van der Waals surface area contributed by atoms with E-state index in [1.807, 2.05) is 6.92 Å². The van der Waals surface area contributed by atoms with Crippen molar-refractivity contribution < 1.29 is 19.1 Å². The summed E-state index contributed by atoms with van der Waals surface area (Å²) in [6.07, 6.45) is 0.134. The average Bonchev–Trinajstić information content (AvgIpc) is 2.52. The quantitative estimate of drug-likeness (QED) is 0.587. The second-order valence-corrected chi connectivity index (χ2v) is 4.52. The molecule has 0 radical (unpaired) electrons. The molecule has 0 saturated heterocycles. The SMILES string of the molecule is CCNC(=O)C/C(C)=N/NC(=O)c1cc(OC)cc(OC)c1. The van der Waals surface area contributed by atoms with E-state index >= 15 is 0 Å². The molecule has 0 spiro atoms. The van der Waals surface area contributed by atoms with Gasteiger partial charge in [0.1, 0.15) is 11.5 Å². The third-order valence-corrected chi connectivity index (χ3v) is 2.75. The number of amides is 2. The van der Waals surface area contributed by atoms with Crippen LogP contribution in [-0.4, -0.2) is 38.3 Å². The summed E-state index contributed by atoms with van der Waals surface area (Å²) < 4.78 is 10.2. The number of nitrogens with one attached hydrogen (secondary N) is 2. The summed E-state index contributed by atoms with van der Waals surface area (Å²) in [7, 11) is 3.01. The van der Waals surface area contributed by atoms with Crippen molar-refractivity contribution in [2.24, 2.45) is 5.10 Å². The van der Waals surface area contributed by atoms with Crippen LogP contribution in [0, 0.1) is 0 Å². The fraction of sp³-hybridized carbons (Fsp3) is 0.400. The van der Waals surface area contributed by atoms with E-state index in [9.17, 15) is 9.59 Å². The maximum absolute atomic E-state index is 12.1. The van der Waals surface area contributed by atoms with E-state index in [1.165, 1.54) is 14.2 Å². The van der Waals surface area contributed by atoms with Crippen molar-refractivity contribution >= 4 is 17.5 Å². The molecular formula is C15H21N3O4. The van der Waals surface area contributed by atoms with Crippen molar-refractivity contribution in [2.45, 2.75) is 20.3 Å². The predicted molar refractivity (Wildman–Crippen MR) is 83.4 cm³/mol. The van der Waals surface area contributed by atoms with E-state index in [4.69, 9.17) is 9.47 Å². The highest BCUT2D eigenvalue weighted by molar-refractivity contribution is 6.01. The number of hydrazone groups is 1. The summed E-state index contributed by atoms with van der Waals surface area (Å²) >= 11 is 0. The van der Waals surface area contributed by atoms with Crippen LogP contribution in [0.2, 0.25) is 0 Å². The number of hydrogen-bond acceptors (Lipinski definition) is 5. The molecule has 2 amide bonds. The molecule has 7 nitrogen and oxygen atoms in total. The molecule has 0 aromatic heterocycles. The minimum atomic E-state index is -0.410. The Hall–Kier alpha value is -2.57. The Morgan fingerprint density at radius 1 is 1.14 bits per heavy atom. The molecule has 0 bridgehead atoms. The fourth-order valence-corrected chi connectivity index (χ4v) is 1.68. The Kier molecular flexibility index (Phi) is 6.88. The summed E-state index contributed by atoms with van der Waals surface area (Å²) in [5.41, 5.74) is 3.27. The second-order valence-electron chi connectivity index (χ2n) is 4.52. The zero-order chi connectivity index (χ0) is 16.5. The lowest BCUT2D eigenvalue weighted by molar-refractivity contribution is -0.119. The minimum Gasteiger partial charge on any atom is -0.497 e. The van der Waals surface area contributed by atoms with E-state index in [2.05, 4.69) is 15.8 Å². The Morgan fingerprint density at radius 2 is 1.73 bits per heavy atom. The molecule has 120 valence electrons. The zero-order valence-electron chi connectivity index (χ0n) is 13.2. The Bertz CT molecular complexity index is 548. The Balaban J connectivity index is 2.74. The molecule has 0 heterocycles. The normalized spacial score (nSPS) is 10.8. The van der Waals surface area contributed by atoms with Gasteiger partial charge in [-0.1, -0.05) is 0 Å². The van der Waals surface area contributed by atoms with E-state index < -0.39 is 5.91 Å². The van der Waals surface area contributed by atoms with Crippen LogP contribution >= 0.6 is 0 Å². The number of carbonyl (C=O) groups is 2. The molecule has 22 heavy (non-hydrogen) atoms. The van der Waals surface area contributed by atoms with Crippen molar-refractivity contribution in [2.75, 3.05) is 20.8 Å². The summed E-state index contributed by atoms with van der Waals surface area (Å²) in [6, 6.07) is 4.82. The molecule has 0 fully saturated rings. The molecule has 1 rings (SSSR count). The molecule has 2 N–H and O–H groups in total. The van der Waals surface area contributed by atoms with Gasteiger partial charge in [0.15, 0.2) is 0 Å². The first kappa shape index (κ1) is 17.5. The number of benzene rings is 1. The smallest absolute Gasteiger partial charge is 0.271 e. The number of hydrogen-bond donors (Lipinski definition) is 2. The third kappa shape index (κ3) is 5.43. The van der Waals surface area contributed by atoms with E-state index in [-0.39, 0.29) is 12.3 Å². The van der Waals surface area contributed by atoms with Crippen molar-refractivity contribution in [3.8, 4) is 11.5 Å². The molecule has 1 aromatic rings. The molecular weight excluding hydrogens is 286 g/mol. The topological polar surface area (TPSA) is 89.0 Å². The first-order valence-electron chi connectivity index (χ1n) is 6.83. The maximum atomic E-state index is 12.1. The molecule has 0 aliphatic heterocycles. The van der Waals surface area contributed by atoms with Gasteiger partial charge in [-0.25, -0.2) is 5.43 Å². The largest absolute Gasteiger partial charge is 0.497 e. The average molecular weight is 307 g/mol. The van der Waals surface area contributed by atoms with Gasteiger partial charge in [-0.2, -0.15) is 5.10 Å². The Labute approximate surface area is 129 Å². The van der Waals surface area contributed by atoms with Gasteiger partial charge in [0.2, 0.25) is 5.91 Å². The van der Waals surface area contributed by atoms with Gasteiger partial charge >= 0.3 is 0 Å². The van der Waals surface area contributed by atoms with Crippen molar-refractivity contribution in [3.05, 3.63) is 23.8 Å². The lowest BCUT2D eigenvalue weighted by Gasteiger charge is -2.08. The van der Waals surface area contributed by atoms with Gasteiger partial charge < -0.3 is 14.8 Å². The molecule has 0 saturated carbocycles. The highest BCUT2D eigenvalue weighted by atomic mass is 16.5. The lowest BCUT2D eigenvalue weighted by Crippen LogP contribution is -2.26. The van der Waals surface area contributed by atoms with Gasteiger partial charge in [0.25, 0.3) is 5.91 Å². The second kappa shape index (κ2) is 8.66. The maximum Gasteiger partial charge on any atom is 0.271 e. The monoisotopic (exact) mass is 307 g/mol. The highest BCUT2D eigenvalue weighted by Gasteiger charge is 2.10. The van der Waals surface area contributed by atoms with E-state index in [0.717, 1.165) is 0 Å². The van der Waals surface area contributed by atoms with Crippen LogP contribution in [0.5, 0.6) is 11.5 Å². The van der Waals surface area contributed by atoms with Crippen molar-refractivity contribution in [1.82, 2.24) is 10.7 Å². The van der Waals surface area contributed by atoms with Crippen LogP contribution < -0.4 is 20.2 Å². The number of methoxy groups -OCH3 is 2. The predicted octanol–water partition coefficient (Wildman–Crippen LogP) is 1.34. The molecule has 0 aliphatic carbocycles. The van der Waals surface area contributed by atoms with Crippen LogP contribution in [0.3, 0.4) is 0 Å². The number of nitrogens with zero attached hydrogens (tertiary/aromatic N) is 1. The standard InChI is InChI=1S/C15H21N3O4/c1-5-16-14(19)6-10(2)17-18-15(20)11-7-12(21-3)9-13(8-11)22-4/h7-9H,5-6H2,1-4H3,(H,16,19)(H,18,20)/b17-10+. The van der Waals surface area contributed by atoms with Crippen LogP contribution in [0.25, 0.3) is 0 Å². The van der Waals surface area contributed by atoms with Crippen molar-refractivity contribution in [3.63, 3.8) is 0 Å². The first-order valence-corrected chi connectivity index (χ1v) is 6.83. The number of ether oxygens (including phenoxy) is 2. The van der Waals surface area contributed by atoms with Crippen LogP contribution in [0.1, 0.15) is 30.6 Å². The number of carbonyl (C=O) groups excluding carboxylic acids is 2. The fourth-order valence-electron chi connectivity index (χ4n) is 1.68. The summed E-state index contributed by atoms with van der Waals surface area (Å²) in [6.45, 7) is 4.06. The minimum absolute atomic E-state index is 0.134. The van der Waals surface area contributed by atoms with Crippen LogP contribution in [-0.2, 0) is 4.79 Å². The molecule has 0 atom stereocenters. The highest BCUT2D eigenvalue weighted by Crippen LogP contribution is 2.22. The first-order chi connectivity index (χ1) is 10.5. The van der Waals surface area contributed by atoms with Crippen LogP contribution in [0.4, 0.5) is 0 Å². The lowest BCUT2D eigenvalue weighted by atomic mass is 10.2. The molecule has 0 aliphatic rings. The van der Waals surface area contributed by atoms with Gasteiger partial charge in [0.05, 0.1) is 20.6 Å². The molecule has 1 aromatic carbocycles. The third-order valence-electron chi connectivity index (χ3n) is 2.75. The molecule has 7 heteroatoms. The summed E-state index contributed by atoms with van der Waals surface area (Å²) in [5.74, 6) is 0.466. The van der Waals surface area contributed by atoms with Gasteiger partial charge in [-0.05, 0) is 26.0 Å². The van der Waals surface area contributed by atoms with Gasteiger partial charge in [-0.3, -0.25) is 9.59 Å². The number of rotatable bonds is 7. The van der Waals surface area contributed by atoms with Crippen LogP contribution in [0.15, 0.2) is 23.3 Å². The zero-order valence-corrected chi connectivity index (χ0v) is 13.2. The van der Waals surface area contributed by atoms with Gasteiger partial charge in [0, 0.05) is 23.9 Å². The molecule has 0 unspecified atom stereocenters. The summed E-state index contributed by atoms with van der Waals surface area (Å²) in [5, 5.41) is 6.57. The van der Waals surface area contributed by atoms with E-state index in [1.54, 1.807) is 25.1 Å².